The van der Waals surface area contributed by atoms with E-state index in [1.807, 2.05) is 13.8 Å². The first-order chi connectivity index (χ1) is 59.1. The summed E-state index contributed by atoms with van der Waals surface area (Å²) in [6.07, 6.45) is -13.5. The van der Waals surface area contributed by atoms with Gasteiger partial charge in [-0.3, -0.25) is 43.1 Å². The molecule has 38 heteroatoms. The number of rotatable bonds is 21. The van der Waals surface area contributed by atoms with Gasteiger partial charge in [0, 0.05) is 60.2 Å². The van der Waals surface area contributed by atoms with E-state index in [2.05, 4.69) is 47.3 Å². The predicted molar refractivity (Wildman–Crippen MR) is 444 cm³/mol. The fraction of sp³-hybridized carbons (Fsp3) is 0.488. The quantitative estimate of drug-likeness (QED) is 0.0342. The lowest BCUT2D eigenvalue weighted by molar-refractivity contribution is -0.333. The predicted octanol–water partition coefficient (Wildman–Crippen LogP) is 4.72. The van der Waals surface area contributed by atoms with Gasteiger partial charge in [-0.1, -0.05) is 55.2 Å². The van der Waals surface area contributed by atoms with Crippen molar-refractivity contribution >= 4 is 82.4 Å². The van der Waals surface area contributed by atoms with E-state index in [9.17, 15) is 55.5 Å². The molecule has 2 saturated heterocycles. The highest BCUT2D eigenvalue weighted by molar-refractivity contribution is 7.98. The number of aliphatic hydroxyl groups is 6. The fourth-order valence-corrected chi connectivity index (χ4v) is 19.1. The van der Waals surface area contributed by atoms with E-state index in [1.165, 1.54) is 57.3 Å². The summed E-state index contributed by atoms with van der Waals surface area (Å²) in [4.78, 5) is 125. The minimum absolute atomic E-state index is 0.0641. The Hall–Kier alpha value is -9.87. The third kappa shape index (κ3) is 19.7. The lowest BCUT2D eigenvalue weighted by atomic mass is 9.54. The van der Waals surface area contributed by atoms with E-state index in [4.69, 9.17) is 66.8 Å². The Kier molecular flexibility index (Phi) is 27.8. The van der Waals surface area contributed by atoms with E-state index in [0.29, 0.717) is 42.1 Å². The molecule has 666 valence electrons. The number of hydrogen-bond donors (Lipinski definition) is 19. The smallest absolute Gasteiger partial charge is 0.248 e. The summed E-state index contributed by atoms with van der Waals surface area (Å²) < 4.78 is 52.8. The van der Waals surface area contributed by atoms with Crippen LogP contribution in [-0.2, 0) is 57.3 Å². The van der Waals surface area contributed by atoms with Gasteiger partial charge in [-0.15, -0.1) is 0 Å². The van der Waals surface area contributed by atoms with Gasteiger partial charge in [-0.2, -0.15) is 0 Å². The van der Waals surface area contributed by atoms with Crippen LogP contribution >= 0.6 is 35.1 Å². The summed E-state index contributed by atoms with van der Waals surface area (Å²) in [6.45, 7) is 6.52. The minimum Gasteiger partial charge on any atom is -0.508 e. The molecule has 0 radical (unpaired) electrons. The standard InChI is InChI=1S/C86H102Cl2N10O25S/c1-36(2)20-53(90-5)78(109)96-69-71(104)41-9-16-57(51(87)27-41)119-59-29-45-30-60(75(59)123-85-76(74(107)73(106)61(35-99)121-85)122-63-34-86(4,89)77(108)37(3)118-63)120-58-17-10-42(28-52(58)88)72(105)70-84(115)95-68(82(113)92-65-43-22-38-21-39(24-43)25-44(65)23-38)50-31-46(100)32-56(102)64(50)49-26-40(8-15-55(49)101)66(80(111)97-70)94-81(112)67(45)93-79(110)54(91-83(69)114)33-62(103)98-124-48-13-11-47(12-14-48)117-19-7-18-116-6/h8-17,26-32,36-39,43-44,53-54,61,63,65-74,76-77,85,90,99-102,104-108H,7,18-25,33-35,89H2,1-6H3,(H,91,114)(H,92,113)(H,93,110)(H,94,112)(H,95,115)(H,96,109)(H,97,111)(H,98,103)/t37-,38?,39?,43?,44?,53-,54-,61+,63-,65?,66-,67+,68-,69+,70+,71+,72-,73-,74-,76-,77+,85-,86-/m0/s1. The summed E-state index contributed by atoms with van der Waals surface area (Å²) >= 11 is 15.3. The fourth-order valence-electron chi connectivity index (χ4n) is 18.1. The van der Waals surface area contributed by atoms with Crippen molar-refractivity contribution in [2.45, 2.75) is 206 Å². The zero-order chi connectivity index (χ0) is 88.6. The van der Waals surface area contributed by atoms with Crippen LogP contribution in [0.5, 0.6) is 51.7 Å². The Bertz CT molecular complexity index is 4990. The molecule has 7 aliphatic heterocycles. The monoisotopic (exact) mass is 1780 g/mol. The number of nitrogens with two attached hydrogens (primary N) is 1. The zero-order valence-corrected chi connectivity index (χ0v) is 70.7. The summed E-state index contributed by atoms with van der Waals surface area (Å²) in [5.41, 5.74) is 3.11. The molecule has 6 aromatic rings. The molecular formula is C86H102Cl2N10O25S. The van der Waals surface area contributed by atoms with Crippen LogP contribution in [0.4, 0.5) is 0 Å². The van der Waals surface area contributed by atoms with Crippen LogP contribution in [0, 0.1) is 29.6 Å². The lowest BCUT2D eigenvalue weighted by Gasteiger charge is -2.54. The molecule has 0 unspecified atom stereocenters. The van der Waals surface area contributed by atoms with Crippen molar-refractivity contribution in [1.82, 2.24) is 47.3 Å². The van der Waals surface area contributed by atoms with E-state index in [0.717, 1.165) is 86.5 Å². The molecule has 0 aromatic heterocycles. The molecular weight excluding hydrogens is 1680 g/mol. The Morgan fingerprint density at radius 2 is 1.31 bits per heavy atom. The summed E-state index contributed by atoms with van der Waals surface area (Å²) in [5, 5.41) is 128. The molecule has 15 bridgehead atoms. The molecule has 18 atom stereocenters. The van der Waals surface area contributed by atoms with Gasteiger partial charge >= 0.3 is 0 Å². The number of aromatic hydroxyl groups is 3. The van der Waals surface area contributed by atoms with Crippen molar-refractivity contribution < 1.29 is 122 Å². The Labute approximate surface area is 726 Å². The number of hydrogen-bond acceptors (Lipinski definition) is 28. The number of fused-ring (bicyclic) bond motifs is 15. The van der Waals surface area contributed by atoms with Crippen molar-refractivity contribution in [1.29, 1.82) is 0 Å². The largest absolute Gasteiger partial charge is 0.508 e. The normalized spacial score (nSPS) is 30.5. The number of ether oxygens (including phenoxy) is 8. The van der Waals surface area contributed by atoms with Gasteiger partial charge in [-0.05, 0) is 208 Å². The molecule has 124 heavy (non-hydrogen) atoms. The van der Waals surface area contributed by atoms with Crippen molar-refractivity contribution in [3.05, 3.63) is 141 Å². The number of halogens is 2. The van der Waals surface area contributed by atoms with Crippen LogP contribution in [0.2, 0.25) is 10.0 Å². The number of carbonyl (C=O) groups excluding carboxylic acids is 8. The minimum atomic E-state index is -2.36. The topological polar surface area (TPSA) is 527 Å². The second-order valence-corrected chi connectivity index (χ2v) is 35.4. The number of phenols is 3. The van der Waals surface area contributed by atoms with E-state index >= 15 is 28.8 Å². The highest BCUT2D eigenvalue weighted by atomic mass is 35.5. The van der Waals surface area contributed by atoms with Crippen molar-refractivity contribution in [3.8, 4) is 62.9 Å². The number of aliphatic hydroxyl groups excluding tert-OH is 6. The van der Waals surface area contributed by atoms with Crippen LogP contribution in [0.3, 0.4) is 0 Å². The molecule has 7 heterocycles. The Morgan fingerprint density at radius 1 is 0.677 bits per heavy atom. The zero-order valence-electron chi connectivity index (χ0n) is 68.4. The van der Waals surface area contributed by atoms with Gasteiger partial charge in [0.25, 0.3) is 0 Å². The third-order valence-corrected chi connectivity index (χ3v) is 25.6. The van der Waals surface area contributed by atoms with Crippen LogP contribution < -0.4 is 71.9 Å². The van der Waals surface area contributed by atoms with Gasteiger partial charge < -0.3 is 132 Å². The second-order valence-electron chi connectivity index (χ2n) is 33.7. The Balaban J connectivity index is 0.954. The van der Waals surface area contributed by atoms with Gasteiger partial charge in [0.2, 0.25) is 59.3 Å². The molecule has 8 amide bonds. The first-order valence-electron chi connectivity index (χ1n) is 41.1. The molecule has 17 rings (SSSR count). The maximum atomic E-state index is 16.7. The number of nitrogens with one attached hydrogen (secondary N) is 9. The first-order valence-corrected chi connectivity index (χ1v) is 42.6. The number of phenolic OH excluding ortho intramolecular Hbond substituents is 3. The molecule has 11 aliphatic rings. The summed E-state index contributed by atoms with van der Waals surface area (Å²) in [5.74, 6) is -12.3. The van der Waals surface area contributed by atoms with Crippen LogP contribution in [-0.4, -0.2) is 212 Å². The van der Waals surface area contributed by atoms with Crippen LogP contribution in [0.25, 0.3) is 11.1 Å². The number of amides is 8. The van der Waals surface area contributed by atoms with Gasteiger partial charge in [0.15, 0.2) is 23.9 Å². The number of benzene rings is 6. The third-order valence-electron chi connectivity index (χ3n) is 24.2. The molecule has 6 fully saturated rings. The maximum Gasteiger partial charge on any atom is 0.248 e. The molecule has 6 aromatic carbocycles. The molecule has 20 N–H and O–H groups in total. The number of likely N-dealkylation sites (N-methyl/N-ethyl adjacent to an activating group) is 1. The van der Waals surface area contributed by atoms with Gasteiger partial charge in [0.05, 0.1) is 47.9 Å². The highest BCUT2D eigenvalue weighted by Crippen LogP contribution is 2.55. The highest BCUT2D eigenvalue weighted by Gasteiger charge is 2.53. The average Bonchev–Trinajstić information content (AvgIpc) is 0.758. The van der Waals surface area contributed by atoms with Crippen molar-refractivity contribution in [2.75, 3.05) is 34.0 Å². The lowest BCUT2D eigenvalue weighted by Crippen LogP contribution is -2.64. The maximum absolute atomic E-state index is 16.7. The SMILES string of the molecule is CN[C@@H](CC(C)C)C(=O)N[C@H]1C(=O)N[C@@H](CC(=O)NSc2ccc(OCCCOC)cc2)C(=O)N[C@H]2C(=O)N[C@@H]3C(=O)N[C@@H](C(=O)N[C@H](C(=O)NC4C5CC6CC(C5)CC4C6)c4cc(O)cc(O)c4-c4cc3ccc4O)[C@@H](O)c3ccc(c(Cl)c3)Oc3cc2cc(c3O[C@@H]2O[C@H](CO)[C@H](O)[C@H](O)[C@@H]2O[C@H]2C[C@](C)(N)[C@H](O)[C@H](C)O2)Oc2ccc(cc2Cl)[C@H]1O. The van der Waals surface area contributed by atoms with E-state index in [1.54, 1.807) is 31.4 Å². The van der Waals surface area contributed by atoms with Crippen molar-refractivity contribution in [2.24, 2.45) is 35.3 Å². The first kappa shape index (κ1) is 90.4. The second kappa shape index (κ2) is 38.1. The van der Waals surface area contributed by atoms with Crippen LogP contribution in [0.1, 0.15) is 144 Å². The molecule has 0 spiro atoms. The van der Waals surface area contributed by atoms with Gasteiger partial charge in [0.1, 0.15) is 101 Å². The van der Waals surface area contributed by atoms with E-state index < -0.39 is 215 Å². The summed E-state index contributed by atoms with van der Waals surface area (Å²) in [6, 6.07) is 7.07. The van der Waals surface area contributed by atoms with E-state index in [-0.39, 0.29) is 86.5 Å². The van der Waals surface area contributed by atoms with Crippen molar-refractivity contribution in [3.63, 3.8) is 0 Å². The van der Waals surface area contributed by atoms with Gasteiger partial charge in [-0.25, -0.2) is 0 Å². The Morgan fingerprint density at radius 3 is 1.93 bits per heavy atom. The molecule has 4 saturated carbocycles. The molecule has 35 nitrogen and oxygen atoms in total. The van der Waals surface area contributed by atoms with Crippen LogP contribution in [0.15, 0.2) is 108 Å². The number of carbonyl (C=O) groups is 8. The molecule has 4 aliphatic carbocycles. The summed E-state index contributed by atoms with van der Waals surface area (Å²) in [7, 11) is 3.06. The number of methoxy groups -OCH3 is 1. The average molecular weight is 1780 g/mol.